The number of hydrogen-bond acceptors (Lipinski definition) is 5. The third-order valence-electron chi connectivity index (χ3n) is 4.69. The van der Waals surface area contributed by atoms with Crippen molar-refractivity contribution in [3.8, 4) is 0 Å². The molecule has 0 aromatic carbocycles. The Kier molecular flexibility index (Phi) is 5.61. The second-order valence-corrected chi connectivity index (χ2v) is 7.15. The van der Waals surface area contributed by atoms with Crippen LogP contribution in [0, 0.1) is 5.92 Å². The van der Waals surface area contributed by atoms with Crippen LogP contribution in [-0.4, -0.2) is 58.8 Å². The lowest BCUT2D eigenvalue weighted by atomic mass is 9.89. The Bertz CT molecular complexity index is 461. The number of rotatable bonds is 3. The minimum atomic E-state index is -0.0451. The monoisotopic (exact) mass is 323 g/mol. The Labute approximate surface area is 135 Å². The minimum Gasteiger partial charge on any atom is -0.323 e. The lowest BCUT2D eigenvalue weighted by molar-refractivity contribution is 0.197. The van der Waals surface area contributed by atoms with Gasteiger partial charge in [-0.2, -0.15) is 0 Å². The van der Waals surface area contributed by atoms with Crippen LogP contribution in [0.15, 0.2) is 5.51 Å². The molecule has 1 saturated carbocycles. The van der Waals surface area contributed by atoms with Crippen LogP contribution in [0.3, 0.4) is 0 Å². The van der Waals surface area contributed by atoms with Crippen molar-refractivity contribution >= 4 is 22.5 Å². The fourth-order valence-electron chi connectivity index (χ4n) is 3.49. The molecule has 1 aliphatic heterocycles. The van der Waals surface area contributed by atoms with Gasteiger partial charge in [-0.1, -0.05) is 30.6 Å². The molecule has 0 radical (unpaired) electrons. The average Bonchev–Trinajstić information content (AvgIpc) is 2.93. The number of nitrogens with zero attached hydrogens (tertiary/aromatic N) is 4. The smallest absolute Gasteiger partial charge is 0.323 e. The van der Waals surface area contributed by atoms with Crippen LogP contribution in [0.4, 0.5) is 9.93 Å². The van der Waals surface area contributed by atoms with E-state index < -0.39 is 0 Å². The molecule has 1 saturated heterocycles. The fourth-order valence-corrected chi connectivity index (χ4v) is 3.92. The van der Waals surface area contributed by atoms with Gasteiger partial charge in [0.2, 0.25) is 5.13 Å². The quantitative estimate of drug-likeness (QED) is 0.929. The van der Waals surface area contributed by atoms with Crippen molar-refractivity contribution in [1.82, 2.24) is 20.0 Å². The Balaban J connectivity index is 1.45. The molecule has 1 aromatic rings. The van der Waals surface area contributed by atoms with Crippen molar-refractivity contribution in [2.75, 3.05) is 38.0 Å². The van der Waals surface area contributed by atoms with E-state index in [9.17, 15) is 4.79 Å². The highest BCUT2D eigenvalue weighted by Gasteiger charge is 2.22. The predicted molar refractivity (Wildman–Crippen MR) is 88.1 cm³/mol. The van der Waals surface area contributed by atoms with Gasteiger partial charge in [0.25, 0.3) is 0 Å². The standard InChI is InChI=1S/C15H25N5OS/c21-15(17-14-18-16-12-22-14)20-8-4-7-19(9-10-20)11-13-5-2-1-3-6-13/h12-13H,1-11H2,(H,17,18,21). The summed E-state index contributed by atoms with van der Waals surface area (Å²) >= 11 is 1.35. The van der Waals surface area contributed by atoms with Gasteiger partial charge in [0.05, 0.1) is 0 Å². The molecule has 0 atom stereocenters. The number of hydrogen-bond donors (Lipinski definition) is 1. The van der Waals surface area contributed by atoms with E-state index in [1.165, 1.54) is 50.0 Å². The minimum absolute atomic E-state index is 0.0451. The first-order chi connectivity index (χ1) is 10.8. The lowest BCUT2D eigenvalue weighted by Crippen LogP contribution is -2.39. The van der Waals surface area contributed by atoms with Crippen molar-refractivity contribution in [2.24, 2.45) is 5.92 Å². The number of carbonyl (C=O) groups is 1. The first kappa shape index (κ1) is 15.7. The normalized spacial score (nSPS) is 21.5. The summed E-state index contributed by atoms with van der Waals surface area (Å²) in [4.78, 5) is 16.7. The van der Waals surface area contributed by atoms with Gasteiger partial charge in [0.15, 0.2) is 0 Å². The molecule has 22 heavy (non-hydrogen) atoms. The second-order valence-electron chi connectivity index (χ2n) is 6.32. The Morgan fingerprint density at radius 2 is 2.05 bits per heavy atom. The first-order valence-electron chi connectivity index (χ1n) is 8.36. The predicted octanol–water partition coefficient (Wildman–Crippen LogP) is 2.66. The van der Waals surface area contributed by atoms with Crippen LogP contribution >= 0.6 is 11.3 Å². The number of anilines is 1. The van der Waals surface area contributed by atoms with E-state index in [1.807, 2.05) is 4.90 Å². The molecule has 6 nitrogen and oxygen atoms in total. The molecule has 1 aromatic heterocycles. The van der Waals surface area contributed by atoms with Gasteiger partial charge in [-0.25, -0.2) is 4.79 Å². The summed E-state index contributed by atoms with van der Waals surface area (Å²) in [5.74, 6) is 0.871. The first-order valence-corrected chi connectivity index (χ1v) is 9.23. The molecule has 2 heterocycles. The molecule has 2 fully saturated rings. The molecule has 7 heteroatoms. The van der Waals surface area contributed by atoms with E-state index in [-0.39, 0.29) is 6.03 Å². The highest BCUT2D eigenvalue weighted by Crippen LogP contribution is 2.24. The SMILES string of the molecule is O=C(Nc1nncs1)N1CCCN(CC2CCCCC2)CC1. The van der Waals surface area contributed by atoms with Gasteiger partial charge < -0.3 is 9.80 Å². The maximum absolute atomic E-state index is 12.3. The number of carbonyl (C=O) groups excluding carboxylic acids is 1. The zero-order valence-corrected chi connectivity index (χ0v) is 13.9. The van der Waals surface area contributed by atoms with Crippen LogP contribution in [0.25, 0.3) is 0 Å². The van der Waals surface area contributed by atoms with E-state index in [0.717, 1.165) is 38.5 Å². The fraction of sp³-hybridized carbons (Fsp3) is 0.800. The second kappa shape index (κ2) is 7.87. The highest BCUT2D eigenvalue weighted by atomic mass is 32.1. The van der Waals surface area contributed by atoms with Crippen LogP contribution in [0.1, 0.15) is 38.5 Å². The topological polar surface area (TPSA) is 61.4 Å². The van der Waals surface area contributed by atoms with Crippen molar-refractivity contribution in [3.63, 3.8) is 0 Å². The van der Waals surface area contributed by atoms with Gasteiger partial charge in [0, 0.05) is 26.2 Å². The van der Waals surface area contributed by atoms with E-state index >= 15 is 0 Å². The zero-order chi connectivity index (χ0) is 15.2. The van der Waals surface area contributed by atoms with Crippen molar-refractivity contribution in [1.29, 1.82) is 0 Å². The average molecular weight is 323 g/mol. The summed E-state index contributed by atoms with van der Waals surface area (Å²) in [5.41, 5.74) is 1.63. The van der Waals surface area contributed by atoms with Gasteiger partial charge in [0.1, 0.15) is 5.51 Å². The van der Waals surface area contributed by atoms with Crippen molar-refractivity contribution < 1.29 is 4.79 Å². The summed E-state index contributed by atoms with van der Waals surface area (Å²) in [6.07, 6.45) is 8.03. The summed E-state index contributed by atoms with van der Waals surface area (Å²) < 4.78 is 0. The van der Waals surface area contributed by atoms with E-state index in [2.05, 4.69) is 20.4 Å². The molecule has 122 valence electrons. The Morgan fingerprint density at radius 1 is 1.18 bits per heavy atom. The molecule has 2 aliphatic rings. The lowest BCUT2D eigenvalue weighted by Gasteiger charge is -2.28. The summed E-state index contributed by atoms with van der Waals surface area (Å²) in [5, 5.41) is 11.0. The van der Waals surface area contributed by atoms with Gasteiger partial charge in [-0.3, -0.25) is 5.32 Å². The van der Waals surface area contributed by atoms with E-state index in [0.29, 0.717) is 5.13 Å². The molecule has 0 spiro atoms. The van der Waals surface area contributed by atoms with Gasteiger partial charge in [-0.05, 0) is 31.7 Å². The molecule has 0 bridgehead atoms. The number of amides is 2. The number of nitrogens with one attached hydrogen (secondary N) is 1. The van der Waals surface area contributed by atoms with Crippen LogP contribution in [-0.2, 0) is 0 Å². The molecule has 1 N–H and O–H groups in total. The summed E-state index contributed by atoms with van der Waals surface area (Å²) in [6.45, 7) is 4.94. The molecule has 1 aliphatic carbocycles. The van der Waals surface area contributed by atoms with E-state index in [1.54, 1.807) is 5.51 Å². The summed E-state index contributed by atoms with van der Waals surface area (Å²) in [7, 11) is 0. The van der Waals surface area contributed by atoms with Crippen molar-refractivity contribution in [3.05, 3.63) is 5.51 Å². The largest absolute Gasteiger partial charge is 0.323 e. The molecule has 0 unspecified atom stereocenters. The Morgan fingerprint density at radius 3 is 2.82 bits per heavy atom. The van der Waals surface area contributed by atoms with Gasteiger partial charge >= 0.3 is 6.03 Å². The molecule has 2 amide bonds. The molecular weight excluding hydrogens is 298 g/mol. The van der Waals surface area contributed by atoms with Crippen LogP contribution in [0.2, 0.25) is 0 Å². The number of urea groups is 1. The molecular formula is C15H25N5OS. The number of aromatic nitrogens is 2. The van der Waals surface area contributed by atoms with Gasteiger partial charge in [-0.15, -0.1) is 10.2 Å². The molecule has 3 rings (SSSR count). The third-order valence-corrected chi connectivity index (χ3v) is 5.30. The zero-order valence-electron chi connectivity index (χ0n) is 13.0. The van der Waals surface area contributed by atoms with Crippen LogP contribution < -0.4 is 5.32 Å². The van der Waals surface area contributed by atoms with Crippen molar-refractivity contribution in [2.45, 2.75) is 38.5 Å². The highest BCUT2D eigenvalue weighted by molar-refractivity contribution is 7.13. The van der Waals surface area contributed by atoms with Crippen LogP contribution in [0.5, 0.6) is 0 Å². The maximum atomic E-state index is 12.3. The maximum Gasteiger partial charge on any atom is 0.323 e. The van der Waals surface area contributed by atoms with E-state index in [4.69, 9.17) is 0 Å². The third kappa shape index (κ3) is 4.39. The Hall–Kier alpha value is -1.21. The summed E-state index contributed by atoms with van der Waals surface area (Å²) in [6, 6.07) is -0.0451.